The Morgan fingerprint density at radius 1 is 1.19 bits per heavy atom. The lowest BCUT2D eigenvalue weighted by atomic mass is 10.2. The van der Waals surface area contributed by atoms with Crippen LogP contribution in [0.2, 0.25) is 10.0 Å². The van der Waals surface area contributed by atoms with E-state index >= 15 is 0 Å². The molecule has 1 aliphatic heterocycles. The lowest BCUT2D eigenvalue weighted by Gasteiger charge is -2.35. The molecule has 31 heavy (non-hydrogen) atoms. The number of carbonyl (C=O) groups is 1. The number of nitrogens with one attached hydrogen (secondary N) is 2. The summed E-state index contributed by atoms with van der Waals surface area (Å²) in [5, 5.41) is 7.16. The lowest BCUT2D eigenvalue weighted by molar-refractivity contribution is 0.0982. The summed E-state index contributed by atoms with van der Waals surface area (Å²) < 4.78 is 1.02. The topological polar surface area (TPSA) is 73.4 Å². The zero-order valence-corrected chi connectivity index (χ0v) is 19.9. The molecule has 0 radical (unpaired) electrons. The number of benzene rings is 2. The Balaban J connectivity index is 1.64. The Bertz CT molecular complexity index is 1140. The normalized spacial score (nSPS) is 13.4. The predicted molar refractivity (Wildman–Crippen MR) is 129 cm³/mol. The van der Waals surface area contributed by atoms with Crippen molar-refractivity contribution in [2.45, 2.75) is 6.54 Å². The molecule has 0 saturated carbocycles. The van der Waals surface area contributed by atoms with Gasteiger partial charge in [-0.05, 0) is 42.9 Å². The number of amides is 1. The van der Waals surface area contributed by atoms with Crippen LogP contribution in [0.1, 0.15) is 15.9 Å². The van der Waals surface area contributed by atoms with Crippen molar-refractivity contribution in [1.29, 1.82) is 0 Å². The zero-order chi connectivity index (χ0) is 22.1. The van der Waals surface area contributed by atoms with E-state index in [9.17, 15) is 4.79 Å². The van der Waals surface area contributed by atoms with E-state index in [4.69, 9.17) is 23.2 Å². The van der Waals surface area contributed by atoms with Crippen molar-refractivity contribution < 1.29 is 4.79 Å². The average molecular weight is 522 g/mol. The minimum Gasteiger partial charge on any atom is -0.341 e. The number of nitrogens with zero attached hydrogens (tertiary/aromatic N) is 4. The molecule has 1 aliphatic rings. The van der Waals surface area contributed by atoms with Gasteiger partial charge in [-0.1, -0.05) is 45.2 Å². The van der Waals surface area contributed by atoms with Crippen LogP contribution in [0.5, 0.6) is 0 Å². The van der Waals surface area contributed by atoms with Gasteiger partial charge in [-0.3, -0.25) is 9.69 Å². The fourth-order valence-electron chi connectivity index (χ4n) is 3.39. The van der Waals surface area contributed by atoms with Gasteiger partial charge in [-0.15, -0.1) is 0 Å². The Morgan fingerprint density at radius 2 is 1.94 bits per heavy atom. The van der Waals surface area contributed by atoms with Gasteiger partial charge in [0.2, 0.25) is 5.95 Å². The van der Waals surface area contributed by atoms with E-state index in [0.29, 0.717) is 33.1 Å². The maximum absolute atomic E-state index is 13.2. The van der Waals surface area contributed by atoms with Crippen molar-refractivity contribution in [2.75, 3.05) is 35.9 Å². The Morgan fingerprint density at radius 3 is 2.65 bits per heavy atom. The van der Waals surface area contributed by atoms with Crippen molar-refractivity contribution in [3.63, 3.8) is 0 Å². The highest BCUT2D eigenvalue weighted by molar-refractivity contribution is 9.10. The summed E-state index contributed by atoms with van der Waals surface area (Å²) >= 11 is 16.2. The summed E-state index contributed by atoms with van der Waals surface area (Å²) in [6.45, 7) is 0.981. The van der Waals surface area contributed by atoms with E-state index in [0.717, 1.165) is 22.3 Å². The number of rotatable bonds is 5. The molecule has 0 spiro atoms. The van der Waals surface area contributed by atoms with Gasteiger partial charge < -0.3 is 15.5 Å². The summed E-state index contributed by atoms with van der Waals surface area (Å²) in [5.41, 5.74) is 2.80. The molecule has 4 rings (SSSR count). The molecule has 160 valence electrons. The molecule has 0 bridgehead atoms. The van der Waals surface area contributed by atoms with Crippen LogP contribution >= 0.6 is 39.1 Å². The highest BCUT2D eigenvalue weighted by Crippen LogP contribution is 2.37. The minimum atomic E-state index is -0.255. The van der Waals surface area contributed by atoms with E-state index in [1.807, 2.05) is 37.2 Å². The molecule has 7 nitrogen and oxygen atoms in total. The number of halogens is 3. The SMILES string of the molecule is CNCc1cc(Nc2ncc3c(n2)N(C)CN(c2c(Cl)cccc2Cl)C3=O)ccc1Br. The first-order valence-corrected chi connectivity index (χ1v) is 11.0. The van der Waals surface area contributed by atoms with Gasteiger partial charge in [0.25, 0.3) is 5.91 Å². The molecule has 0 fully saturated rings. The maximum Gasteiger partial charge on any atom is 0.265 e. The molecule has 10 heteroatoms. The minimum absolute atomic E-state index is 0.255. The van der Waals surface area contributed by atoms with Crippen molar-refractivity contribution >= 4 is 68.2 Å². The smallest absolute Gasteiger partial charge is 0.265 e. The monoisotopic (exact) mass is 520 g/mol. The lowest BCUT2D eigenvalue weighted by Crippen LogP contribution is -2.46. The number of hydrogen-bond donors (Lipinski definition) is 2. The highest BCUT2D eigenvalue weighted by atomic mass is 79.9. The summed E-state index contributed by atoms with van der Waals surface area (Å²) in [7, 11) is 3.75. The second-order valence-corrected chi connectivity index (χ2v) is 8.70. The number of hydrogen-bond acceptors (Lipinski definition) is 6. The van der Waals surface area contributed by atoms with Crippen LogP contribution in [-0.4, -0.2) is 36.6 Å². The summed E-state index contributed by atoms with van der Waals surface area (Å²) in [4.78, 5) is 25.5. The van der Waals surface area contributed by atoms with Crippen LogP contribution in [0.15, 0.2) is 47.1 Å². The van der Waals surface area contributed by atoms with E-state index in [1.54, 1.807) is 18.2 Å². The van der Waals surface area contributed by atoms with E-state index in [1.165, 1.54) is 11.1 Å². The van der Waals surface area contributed by atoms with Crippen molar-refractivity contribution in [1.82, 2.24) is 15.3 Å². The first-order valence-electron chi connectivity index (χ1n) is 9.43. The van der Waals surface area contributed by atoms with Crippen LogP contribution in [0.4, 0.5) is 23.1 Å². The maximum atomic E-state index is 13.2. The Hall–Kier alpha value is -2.39. The molecular weight excluding hydrogens is 503 g/mol. The molecular formula is C21H19BrCl2N6O. The molecule has 2 N–H and O–H groups in total. The molecule has 0 saturated heterocycles. The number of anilines is 4. The Labute approximate surface area is 198 Å². The number of para-hydroxylation sites is 1. The first-order chi connectivity index (χ1) is 14.9. The van der Waals surface area contributed by atoms with Gasteiger partial charge in [-0.2, -0.15) is 4.98 Å². The van der Waals surface area contributed by atoms with E-state index in [-0.39, 0.29) is 12.6 Å². The van der Waals surface area contributed by atoms with E-state index in [2.05, 4.69) is 36.5 Å². The van der Waals surface area contributed by atoms with E-state index < -0.39 is 0 Å². The predicted octanol–water partition coefficient (Wildman–Crippen LogP) is 5.06. The third-order valence-corrected chi connectivity index (χ3v) is 6.22. The van der Waals surface area contributed by atoms with Gasteiger partial charge in [0.1, 0.15) is 11.4 Å². The quantitative estimate of drug-likeness (QED) is 0.488. The standard InChI is InChI=1S/C21H19BrCl2N6O/c1-25-9-12-8-13(6-7-15(12)22)27-21-26-10-14-19(28-21)29(2)11-30(20(14)31)18-16(23)4-3-5-17(18)24/h3-8,10,25H,9,11H2,1-2H3,(H,26,27,28). The average Bonchev–Trinajstić information content (AvgIpc) is 2.74. The van der Waals surface area contributed by atoms with Crippen LogP contribution in [0, 0.1) is 0 Å². The van der Waals surface area contributed by atoms with Crippen LogP contribution in [0.3, 0.4) is 0 Å². The third-order valence-electron chi connectivity index (χ3n) is 4.84. The second kappa shape index (κ2) is 9.00. The van der Waals surface area contributed by atoms with Crippen LogP contribution in [0.25, 0.3) is 0 Å². The molecule has 2 heterocycles. The molecule has 0 atom stereocenters. The van der Waals surface area contributed by atoms with Gasteiger partial charge in [-0.25, -0.2) is 4.98 Å². The fraction of sp³-hybridized carbons (Fsp3) is 0.190. The molecule has 0 unspecified atom stereocenters. The van der Waals surface area contributed by atoms with Crippen molar-refractivity contribution in [3.05, 3.63) is 68.2 Å². The number of aromatic nitrogens is 2. The molecule has 1 aromatic heterocycles. The van der Waals surface area contributed by atoms with Crippen LogP contribution in [-0.2, 0) is 6.54 Å². The van der Waals surface area contributed by atoms with Gasteiger partial charge in [0.05, 0.1) is 22.4 Å². The largest absolute Gasteiger partial charge is 0.341 e. The fourth-order valence-corrected chi connectivity index (χ4v) is 4.38. The molecule has 2 aromatic carbocycles. The van der Waals surface area contributed by atoms with Gasteiger partial charge in [0.15, 0.2) is 0 Å². The van der Waals surface area contributed by atoms with Crippen molar-refractivity contribution in [3.8, 4) is 0 Å². The van der Waals surface area contributed by atoms with Crippen LogP contribution < -0.4 is 20.4 Å². The summed E-state index contributed by atoms with van der Waals surface area (Å²) in [5.74, 6) is 0.685. The Kier molecular flexibility index (Phi) is 6.34. The van der Waals surface area contributed by atoms with Gasteiger partial charge in [0, 0.05) is 29.9 Å². The number of fused-ring (bicyclic) bond motifs is 1. The molecule has 3 aromatic rings. The summed E-state index contributed by atoms with van der Waals surface area (Å²) in [6.07, 6.45) is 1.52. The first kappa shape index (κ1) is 21.8. The van der Waals surface area contributed by atoms with Gasteiger partial charge >= 0.3 is 0 Å². The third kappa shape index (κ3) is 4.34. The zero-order valence-electron chi connectivity index (χ0n) is 16.8. The second-order valence-electron chi connectivity index (χ2n) is 7.04. The number of carbonyl (C=O) groups excluding carboxylic acids is 1. The van der Waals surface area contributed by atoms with Crippen molar-refractivity contribution in [2.24, 2.45) is 0 Å². The molecule has 1 amide bonds. The highest BCUT2D eigenvalue weighted by Gasteiger charge is 2.32. The summed E-state index contributed by atoms with van der Waals surface area (Å²) in [6, 6.07) is 11.1. The molecule has 0 aliphatic carbocycles.